The molecule has 1 aromatic heterocycles. The van der Waals surface area contributed by atoms with Crippen LogP contribution in [0.5, 0.6) is 0 Å². The molecule has 30 heavy (non-hydrogen) atoms. The van der Waals surface area contributed by atoms with Crippen molar-refractivity contribution < 1.29 is 14.4 Å². The van der Waals surface area contributed by atoms with Crippen LogP contribution >= 0.6 is 0 Å². The molecule has 2 atom stereocenters. The number of piperidine rings is 1. The third kappa shape index (κ3) is 4.18. The Labute approximate surface area is 175 Å². The van der Waals surface area contributed by atoms with Crippen LogP contribution in [0.1, 0.15) is 24.1 Å². The van der Waals surface area contributed by atoms with Gasteiger partial charge in [-0.05, 0) is 50.6 Å². The zero-order valence-electron chi connectivity index (χ0n) is 16.9. The van der Waals surface area contributed by atoms with Crippen LogP contribution in [0.4, 0.5) is 10.5 Å². The number of carbonyl (C=O) groups excluding carboxylic acids is 3. The van der Waals surface area contributed by atoms with Crippen molar-refractivity contribution in [2.24, 2.45) is 0 Å². The SMILES string of the molecule is Cc1ccc(NC(=O)CN2C(=O)N(Cc3ccccn3)C(=O)C3NCCCC32)cc1. The predicted molar refractivity (Wildman–Crippen MR) is 112 cm³/mol. The number of amides is 4. The van der Waals surface area contributed by atoms with Crippen molar-refractivity contribution in [3.63, 3.8) is 0 Å². The van der Waals surface area contributed by atoms with Gasteiger partial charge in [-0.25, -0.2) is 4.79 Å². The molecule has 3 heterocycles. The van der Waals surface area contributed by atoms with Crippen LogP contribution in [0, 0.1) is 6.92 Å². The molecular formula is C22H25N5O3. The van der Waals surface area contributed by atoms with Crippen molar-refractivity contribution in [2.45, 2.75) is 38.4 Å². The van der Waals surface area contributed by atoms with E-state index in [-0.39, 0.29) is 30.9 Å². The van der Waals surface area contributed by atoms with Crippen molar-refractivity contribution in [1.82, 2.24) is 20.1 Å². The Balaban J connectivity index is 1.53. The van der Waals surface area contributed by atoms with Crippen LogP contribution in [-0.4, -0.2) is 57.8 Å². The van der Waals surface area contributed by atoms with Crippen molar-refractivity contribution >= 4 is 23.5 Å². The molecule has 8 nitrogen and oxygen atoms in total. The van der Waals surface area contributed by atoms with Gasteiger partial charge in [0, 0.05) is 11.9 Å². The van der Waals surface area contributed by atoms with Gasteiger partial charge in [-0.3, -0.25) is 19.5 Å². The van der Waals surface area contributed by atoms with E-state index < -0.39 is 12.1 Å². The number of benzene rings is 1. The molecule has 2 aromatic rings. The fourth-order valence-electron chi connectivity index (χ4n) is 3.99. The summed E-state index contributed by atoms with van der Waals surface area (Å²) in [5.74, 6) is -0.547. The fraction of sp³-hybridized carbons (Fsp3) is 0.364. The summed E-state index contributed by atoms with van der Waals surface area (Å²) in [6.07, 6.45) is 3.16. The number of fused-ring (bicyclic) bond motifs is 1. The number of nitrogens with zero attached hydrogens (tertiary/aromatic N) is 3. The van der Waals surface area contributed by atoms with E-state index >= 15 is 0 Å². The molecular weight excluding hydrogens is 382 g/mol. The van der Waals surface area contributed by atoms with Gasteiger partial charge in [0.05, 0.1) is 18.3 Å². The summed E-state index contributed by atoms with van der Waals surface area (Å²) >= 11 is 0. The van der Waals surface area contributed by atoms with Gasteiger partial charge in [0.25, 0.3) is 0 Å². The third-order valence-electron chi connectivity index (χ3n) is 5.53. The van der Waals surface area contributed by atoms with E-state index in [2.05, 4.69) is 15.6 Å². The van der Waals surface area contributed by atoms with E-state index in [1.54, 1.807) is 18.3 Å². The Morgan fingerprint density at radius 3 is 2.73 bits per heavy atom. The minimum absolute atomic E-state index is 0.0828. The van der Waals surface area contributed by atoms with Gasteiger partial charge in [0.15, 0.2) is 0 Å². The van der Waals surface area contributed by atoms with Crippen molar-refractivity contribution in [2.75, 3.05) is 18.4 Å². The van der Waals surface area contributed by atoms with Crippen molar-refractivity contribution in [3.8, 4) is 0 Å². The van der Waals surface area contributed by atoms with Gasteiger partial charge in [0.2, 0.25) is 11.8 Å². The molecule has 0 spiro atoms. The Hall–Kier alpha value is -3.26. The molecule has 0 saturated carbocycles. The highest BCUT2D eigenvalue weighted by Crippen LogP contribution is 2.25. The maximum absolute atomic E-state index is 13.2. The highest BCUT2D eigenvalue weighted by atomic mass is 16.2. The van der Waals surface area contributed by atoms with Crippen LogP contribution in [0.25, 0.3) is 0 Å². The minimum atomic E-state index is -0.507. The zero-order valence-corrected chi connectivity index (χ0v) is 16.9. The molecule has 156 valence electrons. The summed E-state index contributed by atoms with van der Waals surface area (Å²) in [4.78, 5) is 45.9. The summed E-state index contributed by atoms with van der Waals surface area (Å²) in [6.45, 7) is 2.66. The van der Waals surface area contributed by atoms with Crippen LogP contribution in [0.2, 0.25) is 0 Å². The third-order valence-corrected chi connectivity index (χ3v) is 5.53. The molecule has 2 N–H and O–H groups in total. The lowest BCUT2D eigenvalue weighted by Crippen LogP contribution is -2.70. The van der Waals surface area contributed by atoms with Gasteiger partial charge in [-0.2, -0.15) is 0 Å². The van der Waals surface area contributed by atoms with Gasteiger partial charge in [-0.1, -0.05) is 23.8 Å². The standard InChI is InChI=1S/C22H25N5O3/c1-15-7-9-16(10-8-15)25-19(28)14-26-18-6-4-12-24-20(18)21(29)27(22(26)30)13-17-5-2-3-11-23-17/h2-3,5,7-11,18,20,24H,4,6,12-14H2,1H3,(H,25,28). The molecule has 2 aliphatic heterocycles. The van der Waals surface area contributed by atoms with E-state index in [1.165, 1.54) is 9.80 Å². The predicted octanol–water partition coefficient (Wildman–Crippen LogP) is 1.91. The summed E-state index contributed by atoms with van der Waals surface area (Å²) in [5, 5.41) is 6.07. The smallest absolute Gasteiger partial charge is 0.325 e. The molecule has 2 saturated heterocycles. The van der Waals surface area contributed by atoms with Gasteiger partial charge < -0.3 is 15.5 Å². The van der Waals surface area contributed by atoms with Gasteiger partial charge in [0.1, 0.15) is 12.6 Å². The Bertz CT molecular complexity index is 932. The number of carbonyl (C=O) groups is 3. The van der Waals surface area contributed by atoms with Crippen LogP contribution in [0.15, 0.2) is 48.7 Å². The summed E-state index contributed by atoms with van der Waals surface area (Å²) in [6, 6.07) is 11.6. The molecule has 8 heteroatoms. The maximum atomic E-state index is 13.2. The lowest BCUT2D eigenvalue weighted by molar-refractivity contribution is -0.138. The van der Waals surface area contributed by atoms with Crippen LogP contribution in [0.3, 0.4) is 0 Å². The number of pyridine rings is 1. The number of nitrogens with one attached hydrogen (secondary N) is 2. The van der Waals surface area contributed by atoms with Crippen LogP contribution < -0.4 is 10.6 Å². The number of aryl methyl sites for hydroxylation is 1. The highest BCUT2D eigenvalue weighted by molar-refractivity contribution is 6.02. The quantitative estimate of drug-likeness (QED) is 0.790. The lowest BCUT2D eigenvalue weighted by Gasteiger charge is -2.46. The van der Waals surface area contributed by atoms with Crippen molar-refractivity contribution in [1.29, 1.82) is 0 Å². The first-order chi connectivity index (χ1) is 14.5. The highest BCUT2D eigenvalue weighted by Gasteiger charge is 2.47. The number of hydrogen-bond donors (Lipinski definition) is 2. The number of hydrogen-bond acceptors (Lipinski definition) is 5. The average Bonchev–Trinajstić information content (AvgIpc) is 2.76. The zero-order chi connectivity index (χ0) is 21.1. The number of imide groups is 1. The Morgan fingerprint density at radius 2 is 2.00 bits per heavy atom. The van der Waals surface area contributed by atoms with E-state index in [0.29, 0.717) is 24.3 Å². The maximum Gasteiger partial charge on any atom is 0.327 e. The minimum Gasteiger partial charge on any atom is -0.325 e. The molecule has 2 fully saturated rings. The molecule has 4 amide bonds. The Morgan fingerprint density at radius 1 is 1.20 bits per heavy atom. The van der Waals surface area contributed by atoms with Gasteiger partial charge >= 0.3 is 6.03 Å². The number of anilines is 1. The molecule has 1 aromatic carbocycles. The van der Waals surface area contributed by atoms with E-state index in [1.807, 2.05) is 37.3 Å². The van der Waals surface area contributed by atoms with E-state index in [0.717, 1.165) is 12.0 Å². The molecule has 0 aliphatic carbocycles. The number of aromatic nitrogens is 1. The second-order valence-corrected chi connectivity index (χ2v) is 7.71. The van der Waals surface area contributed by atoms with Gasteiger partial charge in [-0.15, -0.1) is 0 Å². The molecule has 0 bridgehead atoms. The summed E-state index contributed by atoms with van der Waals surface area (Å²) in [5.41, 5.74) is 2.39. The lowest BCUT2D eigenvalue weighted by atomic mass is 9.93. The normalized spacial score (nSPS) is 21.4. The molecule has 4 rings (SSSR count). The Kier molecular flexibility index (Phi) is 5.76. The molecule has 2 unspecified atom stereocenters. The summed E-state index contributed by atoms with van der Waals surface area (Å²) in [7, 11) is 0. The van der Waals surface area contributed by atoms with Crippen LogP contribution in [-0.2, 0) is 16.1 Å². The summed E-state index contributed by atoms with van der Waals surface area (Å²) < 4.78 is 0. The molecule has 2 aliphatic rings. The first-order valence-corrected chi connectivity index (χ1v) is 10.1. The van der Waals surface area contributed by atoms with E-state index in [9.17, 15) is 14.4 Å². The second kappa shape index (κ2) is 8.62. The monoisotopic (exact) mass is 407 g/mol. The first-order valence-electron chi connectivity index (χ1n) is 10.1. The number of urea groups is 1. The fourth-order valence-corrected chi connectivity index (χ4v) is 3.99. The van der Waals surface area contributed by atoms with E-state index in [4.69, 9.17) is 0 Å². The largest absolute Gasteiger partial charge is 0.327 e. The average molecular weight is 407 g/mol. The second-order valence-electron chi connectivity index (χ2n) is 7.71. The first kappa shape index (κ1) is 20.0. The number of rotatable bonds is 5. The topological polar surface area (TPSA) is 94.6 Å². The molecule has 0 radical (unpaired) electrons. The van der Waals surface area contributed by atoms with Crippen molar-refractivity contribution in [3.05, 3.63) is 59.9 Å².